The third-order valence-corrected chi connectivity index (χ3v) is 3.24. The van der Waals surface area contributed by atoms with Gasteiger partial charge in [-0.15, -0.1) is 0 Å². The third-order valence-electron chi connectivity index (χ3n) is 3.24. The molecule has 2 rings (SSSR count). The molecule has 0 fully saturated rings. The van der Waals surface area contributed by atoms with E-state index in [2.05, 4.69) is 10.4 Å². The molecule has 7 heteroatoms. The Labute approximate surface area is 126 Å². The lowest BCUT2D eigenvalue weighted by molar-refractivity contribution is -0.137. The summed E-state index contributed by atoms with van der Waals surface area (Å²) in [5.74, 6) is 0. The van der Waals surface area contributed by atoms with E-state index < -0.39 is 17.8 Å². The molecule has 0 saturated carbocycles. The molecule has 2 aromatic rings. The van der Waals surface area contributed by atoms with Crippen molar-refractivity contribution >= 4 is 0 Å². The van der Waals surface area contributed by atoms with Gasteiger partial charge in [-0.2, -0.15) is 18.3 Å². The molecular weight excluding hydrogens is 295 g/mol. The number of aromatic nitrogens is 2. The maximum Gasteiger partial charge on any atom is 0.416 e. The second-order valence-corrected chi connectivity index (χ2v) is 5.12. The minimum Gasteiger partial charge on any atom is -0.387 e. The second-order valence-electron chi connectivity index (χ2n) is 5.12. The predicted molar refractivity (Wildman–Crippen MR) is 76.2 cm³/mol. The summed E-state index contributed by atoms with van der Waals surface area (Å²) in [6.45, 7) is 3.49. The van der Waals surface area contributed by atoms with Crippen LogP contribution >= 0.6 is 0 Å². The standard InChI is InChI=1S/C15H18F3N3O/c1-11-8-20-21(10-11)7-6-19-9-14(22)12-2-4-13(5-3-12)15(16,17)18/h2-5,8,10,14,19,22H,6-7,9H2,1H3/t14-/m1/s1. The van der Waals surface area contributed by atoms with Crippen LogP contribution in [0.2, 0.25) is 0 Å². The first-order valence-electron chi connectivity index (χ1n) is 6.91. The van der Waals surface area contributed by atoms with Crippen LogP contribution in [0.25, 0.3) is 0 Å². The van der Waals surface area contributed by atoms with Gasteiger partial charge in [-0.1, -0.05) is 12.1 Å². The van der Waals surface area contributed by atoms with Crippen molar-refractivity contribution < 1.29 is 18.3 Å². The number of hydrogen-bond donors (Lipinski definition) is 2. The number of alkyl halides is 3. The highest BCUT2D eigenvalue weighted by molar-refractivity contribution is 5.26. The Kier molecular flexibility index (Phi) is 5.20. The number of hydrogen-bond acceptors (Lipinski definition) is 3. The molecule has 0 unspecified atom stereocenters. The SMILES string of the molecule is Cc1cnn(CCNC[C@@H](O)c2ccc(C(F)(F)F)cc2)c1. The molecule has 0 saturated heterocycles. The topological polar surface area (TPSA) is 50.1 Å². The van der Waals surface area contributed by atoms with Crippen molar-refractivity contribution in [2.24, 2.45) is 0 Å². The van der Waals surface area contributed by atoms with E-state index in [4.69, 9.17) is 0 Å². The van der Waals surface area contributed by atoms with E-state index >= 15 is 0 Å². The molecule has 4 nitrogen and oxygen atoms in total. The molecule has 1 aromatic carbocycles. The van der Waals surface area contributed by atoms with E-state index in [-0.39, 0.29) is 6.54 Å². The largest absolute Gasteiger partial charge is 0.416 e. The van der Waals surface area contributed by atoms with Gasteiger partial charge in [-0.25, -0.2) is 0 Å². The van der Waals surface area contributed by atoms with Gasteiger partial charge in [-0.3, -0.25) is 4.68 Å². The molecule has 0 amide bonds. The van der Waals surface area contributed by atoms with Gasteiger partial charge in [0.2, 0.25) is 0 Å². The highest BCUT2D eigenvalue weighted by Crippen LogP contribution is 2.29. The van der Waals surface area contributed by atoms with Crippen LogP contribution in [-0.2, 0) is 12.7 Å². The fraction of sp³-hybridized carbons (Fsp3) is 0.400. The van der Waals surface area contributed by atoms with Gasteiger partial charge in [0.25, 0.3) is 0 Å². The van der Waals surface area contributed by atoms with Crippen LogP contribution < -0.4 is 5.32 Å². The van der Waals surface area contributed by atoms with Gasteiger partial charge in [0.1, 0.15) is 0 Å². The predicted octanol–water partition coefficient (Wildman–Crippen LogP) is 2.53. The summed E-state index contributed by atoms with van der Waals surface area (Å²) in [5.41, 5.74) is 0.811. The molecular formula is C15H18F3N3O. The van der Waals surface area contributed by atoms with Crippen LogP contribution in [0.5, 0.6) is 0 Å². The summed E-state index contributed by atoms with van der Waals surface area (Å²) in [4.78, 5) is 0. The number of aryl methyl sites for hydroxylation is 1. The number of aliphatic hydroxyl groups is 1. The van der Waals surface area contributed by atoms with Gasteiger partial charge in [-0.05, 0) is 30.2 Å². The zero-order valence-corrected chi connectivity index (χ0v) is 12.1. The third kappa shape index (κ3) is 4.57. The lowest BCUT2D eigenvalue weighted by atomic mass is 10.1. The average Bonchev–Trinajstić information content (AvgIpc) is 2.88. The fourth-order valence-electron chi connectivity index (χ4n) is 2.03. The lowest BCUT2D eigenvalue weighted by Gasteiger charge is -2.13. The molecule has 0 spiro atoms. The van der Waals surface area contributed by atoms with Crippen LogP contribution in [0.3, 0.4) is 0 Å². The first-order valence-corrected chi connectivity index (χ1v) is 6.91. The quantitative estimate of drug-likeness (QED) is 0.806. The summed E-state index contributed by atoms with van der Waals surface area (Å²) in [7, 11) is 0. The Hall–Kier alpha value is -1.86. The monoisotopic (exact) mass is 313 g/mol. The van der Waals surface area contributed by atoms with Crippen molar-refractivity contribution in [1.29, 1.82) is 0 Å². The number of halogens is 3. The molecule has 22 heavy (non-hydrogen) atoms. The van der Waals surface area contributed by atoms with Gasteiger partial charge in [0, 0.05) is 19.3 Å². The van der Waals surface area contributed by atoms with Gasteiger partial charge < -0.3 is 10.4 Å². The summed E-state index contributed by atoms with van der Waals surface area (Å²) >= 11 is 0. The average molecular weight is 313 g/mol. The minimum absolute atomic E-state index is 0.269. The van der Waals surface area contributed by atoms with Crippen LogP contribution in [0.15, 0.2) is 36.7 Å². The Morgan fingerprint density at radius 3 is 2.50 bits per heavy atom. The van der Waals surface area contributed by atoms with Crippen LogP contribution in [0.1, 0.15) is 22.8 Å². The van der Waals surface area contributed by atoms with E-state index in [1.165, 1.54) is 12.1 Å². The zero-order valence-electron chi connectivity index (χ0n) is 12.1. The van der Waals surface area contributed by atoms with E-state index in [1.54, 1.807) is 10.9 Å². The van der Waals surface area contributed by atoms with E-state index in [0.29, 0.717) is 18.7 Å². The molecule has 0 bridgehead atoms. The van der Waals surface area contributed by atoms with Crippen LogP contribution in [0, 0.1) is 6.92 Å². The van der Waals surface area contributed by atoms with Crippen molar-refractivity contribution in [3.63, 3.8) is 0 Å². The summed E-state index contributed by atoms with van der Waals surface area (Å²) in [6.07, 6.45) is -1.53. The molecule has 1 atom stereocenters. The maximum absolute atomic E-state index is 12.4. The number of rotatable bonds is 6. The Bertz CT molecular complexity index is 593. The zero-order chi connectivity index (χ0) is 16.2. The molecule has 1 heterocycles. The molecule has 0 radical (unpaired) electrons. The lowest BCUT2D eigenvalue weighted by Crippen LogP contribution is -2.25. The Morgan fingerprint density at radius 2 is 1.95 bits per heavy atom. The van der Waals surface area contributed by atoms with Crippen LogP contribution in [-0.4, -0.2) is 28.0 Å². The van der Waals surface area contributed by atoms with E-state index in [0.717, 1.165) is 17.7 Å². The Morgan fingerprint density at radius 1 is 1.27 bits per heavy atom. The Balaban J connectivity index is 1.78. The summed E-state index contributed by atoms with van der Waals surface area (Å²) in [5, 5.41) is 17.1. The second kappa shape index (κ2) is 6.93. The molecule has 1 aromatic heterocycles. The van der Waals surface area contributed by atoms with E-state index in [9.17, 15) is 18.3 Å². The van der Waals surface area contributed by atoms with Crippen molar-refractivity contribution in [2.75, 3.05) is 13.1 Å². The first kappa shape index (κ1) is 16.5. The van der Waals surface area contributed by atoms with E-state index in [1.807, 2.05) is 13.1 Å². The highest BCUT2D eigenvalue weighted by atomic mass is 19.4. The van der Waals surface area contributed by atoms with Gasteiger partial charge in [0.05, 0.1) is 24.4 Å². The number of benzene rings is 1. The summed E-state index contributed by atoms with van der Waals surface area (Å²) in [6, 6.07) is 4.55. The van der Waals surface area contributed by atoms with Gasteiger partial charge in [0.15, 0.2) is 0 Å². The van der Waals surface area contributed by atoms with Crippen LogP contribution in [0.4, 0.5) is 13.2 Å². The number of nitrogens with one attached hydrogen (secondary N) is 1. The van der Waals surface area contributed by atoms with Crippen molar-refractivity contribution in [3.05, 3.63) is 53.3 Å². The fourth-order valence-corrected chi connectivity index (χ4v) is 2.03. The van der Waals surface area contributed by atoms with Gasteiger partial charge >= 0.3 is 6.18 Å². The summed E-state index contributed by atoms with van der Waals surface area (Å²) < 4.78 is 39.1. The van der Waals surface area contributed by atoms with Crippen molar-refractivity contribution in [2.45, 2.75) is 25.7 Å². The molecule has 0 aliphatic heterocycles. The first-order chi connectivity index (χ1) is 10.4. The maximum atomic E-state index is 12.4. The van der Waals surface area contributed by atoms with Crippen molar-refractivity contribution in [3.8, 4) is 0 Å². The minimum atomic E-state index is -4.36. The smallest absolute Gasteiger partial charge is 0.387 e. The molecule has 2 N–H and O–H groups in total. The highest BCUT2D eigenvalue weighted by Gasteiger charge is 2.30. The normalized spacial score (nSPS) is 13.3. The van der Waals surface area contributed by atoms with Crippen molar-refractivity contribution in [1.82, 2.24) is 15.1 Å². The molecule has 0 aliphatic carbocycles. The molecule has 0 aliphatic rings. The number of aliphatic hydroxyl groups excluding tert-OH is 1. The molecule has 120 valence electrons. The number of nitrogens with zero attached hydrogens (tertiary/aromatic N) is 2.